The second-order valence-electron chi connectivity index (χ2n) is 10.3. The van der Waals surface area contributed by atoms with Crippen LogP contribution in [0.4, 0.5) is 32.4 Å². The van der Waals surface area contributed by atoms with Gasteiger partial charge in [0.2, 0.25) is 0 Å². The summed E-state index contributed by atoms with van der Waals surface area (Å²) in [4.78, 5) is 13.3. The SMILES string of the molecule is Cc1cc(C(F)(F)F)ccc1CN1CCc2nn(-c3c(C)cccc3C)c(-c3cc(F)c(NC(N)=O)cc3F)c2C1. The number of anilines is 1. The molecule has 11 heteroatoms. The average molecular weight is 570 g/mol. The number of alkyl halides is 3. The van der Waals surface area contributed by atoms with Crippen LogP contribution in [0.1, 0.15) is 39.1 Å². The molecule has 0 spiro atoms. The summed E-state index contributed by atoms with van der Waals surface area (Å²) in [5.74, 6) is -1.64. The summed E-state index contributed by atoms with van der Waals surface area (Å²) in [7, 11) is 0. The first kappa shape index (κ1) is 28.3. The molecule has 1 aliphatic rings. The van der Waals surface area contributed by atoms with E-state index in [1.165, 1.54) is 6.07 Å². The number of nitrogens with two attached hydrogens (primary N) is 1. The smallest absolute Gasteiger partial charge is 0.351 e. The van der Waals surface area contributed by atoms with Gasteiger partial charge in [0.25, 0.3) is 0 Å². The predicted octanol–water partition coefficient (Wildman–Crippen LogP) is 6.81. The van der Waals surface area contributed by atoms with Crippen molar-refractivity contribution in [2.24, 2.45) is 5.73 Å². The van der Waals surface area contributed by atoms with Gasteiger partial charge in [0.1, 0.15) is 11.6 Å². The molecule has 6 nitrogen and oxygen atoms in total. The number of amides is 2. The quantitative estimate of drug-likeness (QED) is 0.259. The van der Waals surface area contributed by atoms with Crippen molar-refractivity contribution in [3.8, 4) is 16.9 Å². The first-order chi connectivity index (χ1) is 19.3. The van der Waals surface area contributed by atoms with Crippen molar-refractivity contribution in [2.45, 2.75) is 46.5 Å². The molecule has 3 N–H and O–H groups in total. The lowest BCUT2D eigenvalue weighted by Crippen LogP contribution is -2.30. The van der Waals surface area contributed by atoms with E-state index < -0.39 is 29.4 Å². The highest BCUT2D eigenvalue weighted by atomic mass is 19.4. The number of carbonyl (C=O) groups is 1. The number of hydrogen-bond donors (Lipinski definition) is 2. The topological polar surface area (TPSA) is 76.2 Å². The van der Waals surface area contributed by atoms with Gasteiger partial charge in [-0.15, -0.1) is 0 Å². The second-order valence-corrected chi connectivity index (χ2v) is 10.3. The normalized spacial score (nSPS) is 13.8. The van der Waals surface area contributed by atoms with Crippen molar-refractivity contribution in [1.29, 1.82) is 0 Å². The van der Waals surface area contributed by atoms with E-state index in [-0.39, 0.29) is 11.3 Å². The zero-order valence-corrected chi connectivity index (χ0v) is 22.7. The number of urea groups is 1. The van der Waals surface area contributed by atoms with Gasteiger partial charge in [0.15, 0.2) is 0 Å². The number of hydrogen-bond acceptors (Lipinski definition) is 3. The molecule has 0 atom stereocenters. The predicted molar refractivity (Wildman–Crippen MR) is 146 cm³/mol. The molecule has 5 rings (SSSR count). The van der Waals surface area contributed by atoms with Crippen LogP contribution in [0.5, 0.6) is 0 Å². The molecular weight excluding hydrogens is 541 g/mol. The number of para-hydroxylation sites is 1. The van der Waals surface area contributed by atoms with Crippen LogP contribution in [0.25, 0.3) is 16.9 Å². The number of halogens is 5. The summed E-state index contributed by atoms with van der Waals surface area (Å²) in [6.07, 6.45) is -3.92. The zero-order valence-electron chi connectivity index (χ0n) is 22.7. The maximum atomic E-state index is 15.6. The summed E-state index contributed by atoms with van der Waals surface area (Å²) < 4.78 is 71.9. The van der Waals surface area contributed by atoms with Crippen molar-refractivity contribution < 1.29 is 26.7 Å². The third-order valence-electron chi connectivity index (χ3n) is 7.40. The van der Waals surface area contributed by atoms with Gasteiger partial charge < -0.3 is 11.1 Å². The Hall–Kier alpha value is -4.25. The van der Waals surface area contributed by atoms with Crippen LogP contribution in [0, 0.1) is 32.4 Å². The number of carbonyl (C=O) groups excluding carboxylic acids is 1. The number of rotatable bonds is 5. The van der Waals surface area contributed by atoms with Crippen molar-refractivity contribution >= 4 is 11.7 Å². The number of aromatic nitrogens is 2. The van der Waals surface area contributed by atoms with Gasteiger partial charge in [-0.3, -0.25) is 4.90 Å². The highest BCUT2D eigenvalue weighted by molar-refractivity contribution is 5.88. The highest BCUT2D eigenvalue weighted by Crippen LogP contribution is 2.38. The van der Waals surface area contributed by atoms with E-state index in [9.17, 15) is 18.0 Å². The van der Waals surface area contributed by atoms with Crippen LogP contribution >= 0.6 is 0 Å². The Morgan fingerprint density at radius 2 is 1.71 bits per heavy atom. The summed E-state index contributed by atoms with van der Waals surface area (Å²) in [6.45, 7) is 6.72. The largest absolute Gasteiger partial charge is 0.416 e. The third-order valence-corrected chi connectivity index (χ3v) is 7.40. The van der Waals surface area contributed by atoms with Gasteiger partial charge in [-0.2, -0.15) is 18.3 Å². The van der Waals surface area contributed by atoms with Crippen molar-refractivity contribution in [3.05, 3.63) is 99.2 Å². The molecular formula is C30H28F5N5O. The van der Waals surface area contributed by atoms with E-state index in [2.05, 4.69) is 10.2 Å². The summed E-state index contributed by atoms with van der Waals surface area (Å²) >= 11 is 0. The van der Waals surface area contributed by atoms with Gasteiger partial charge in [-0.1, -0.05) is 24.3 Å². The number of nitrogens with zero attached hydrogens (tertiary/aromatic N) is 3. The summed E-state index contributed by atoms with van der Waals surface area (Å²) in [6, 6.07) is 10.3. The Labute approximate surface area is 233 Å². The molecule has 0 aliphatic carbocycles. The van der Waals surface area contributed by atoms with E-state index in [4.69, 9.17) is 10.8 Å². The van der Waals surface area contributed by atoms with Crippen LogP contribution in [0.3, 0.4) is 0 Å². The Morgan fingerprint density at radius 1 is 1.00 bits per heavy atom. The van der Waals surface area contributed by atoms with Gasteiger partial charge in [0.05, 0.1) is 28.3 Å². The van der Waals surface area contributed by atoms with Gasteiger partial charge in [0, 0.05) is 43.2 Å². The maximum absolute atomic E-state index is 15.6. The number of nitrogens with one attached hydrogen (secondary N) is 1. The lowest BCUT2D eigenvalue weighted by Gasteiger charge is -2.28. The fraction of sp³-hybridized carbons (Fsp3) is 0.267. The Bertz CT molecular complexity index is 1640. The summed E-state index contributed by atoms with van der Waals surface area (Å²) in [5, 5.41) is 6.93. The van der Waals surface area contributed by atoms with Crippen LogP contribution in [-0.4, -0.2) is 27.3 Å². The number of fused-ring (bicyclic) bond motifs is 1. The number of benzene rings is 3. The van der Waals surface area contributed by atoms with Crippen molar-refractivity contribution in [3.63, 3.8) is 0 Å². The Balaban J connectivity index is 1.60. The van der Waals surface area contributed by atoms with Gasteiger partial charge >= 0.3 is 12.2 Å². The second kappa shape index (κ2) is 10.6. The van der Waals surface area contributed by atoms with Crippen molar-refractivity contribution in [2.75, 3.05) is 11.9 Å². The molecule has 4 aromatic rings. The zero-order chi connectivity index (χ0) is 29.6. The van der Waals surface area contributed by atoms with E-state index in [1.54, 1.807) is 11.6 Å². The van der Waals surface area contributed by atoms with Crippen LogP contribution in [0.2, 0.25) is 0 Å². The average Bonchev–Trinajstić information content (AvgIpc) is 3.24. The molecule has 0 saturated heterocycles. The van der Waals surface area contributed by atoms with Crippen LogP contribution in [0.15, 0.2) is 48.5 Å². The minimum atomic E-state index is -4.43. The first-order valence-electron chi connectivity index (χ1n) is 13.0. The molecule has 214 valence electrons. The minimum Gasteiger partial charge on any atom is -0.351 e. The minimum absolute atomic E-state index is 0.0403. The number of aryl methyl sites for hydroxylation is 3. The molecule has 2 amide bonds. The molecule has 0 saturated carbocycles. The van der Waals surface area contributed by atoms with E-state index >= 15 is 8.78 Å². The number of primary amides is 1. The van der Waals surface area contributed by atoms with E-state index in [0.29, 0.717) is 42.9 Å². The lowest BCUT2D eigenvalue weighted by atomic mass is 9.98. The lowest BCUT2D eigenvalue weighted by molar-refractivity contribution is -0.137. The molecule has 1 aliphatic heterocycles. The van der Waals surface area contributed by atoms with E-state index in [1.807, 2.05) is 32.0 Å². The monoisotopic (exact) mass is 569 g/mol. The molecule has 2 heterocycles. The van der Waals surface area contributed by atoms with E-state index in [0.717, 1.165) is 52.3 Å². The molecule has 1 aromatic heterocycles. The van der Waals surface area contributed by atoms with Crippen LogP contribution in [-0.2, 0) is 25.7 Å². The fourth-order valence-corrected chi connectivity index (χ4v) is 5.39. The van der Waals surface area contributed by atoms with Gasteiger partial charge in [-0.25, -0.2) is 18.3 Å². The van der Waals surface area contributed by atoms with Crippen LogP contribution < -0.4 is 11.1 Å². The Kier molecular flexibility index (Phi) is 7.33. The highest BCUT2D eigenvalue weighted by Gasteiger charge is 2.32. The molecule has 3 aromatic carbocycles. The fourth-order valence-electron chi connectivity index (χ4n) is 5.39. The maximum Gasteiger partial charge on any atom is 0.416 e. The molecule has 0 radical (unpaired) electrons. The Morgan fingerprint density at radius 3 is 2.34 bits per heavy atom. The third kappa shape index (κ3) is 5.54. The molecule has 0 unspecified atom stereocenters. The summed E-state index contributed by atoms with van der Waals surface area (Å²) in [5.41, 5.74) is 9.52. The molecule has 0 bridgehead atoms. The standard InChI is InChI=1S/C30H28F5N5O/c1-16-5-4-6-17(2)27(16)40-28(21-12-24(32)26(13-23(21)31)37-29(36)41)22-15-39(10-9-25(22)38-40)14-19-7-8-20(11-18(19)3)30(33,34)35/h4-8,11-13H,9-10,14-15H2,1-3H3,(H3,36,37,41). The first-order valence-corrected chi connectivity index (χ1v) is 13.0. The van der Waals surface area contributed by atoms with Crippen molar-refractivity contribution in [1.82, 2.24) is 14.7 Å². The molecule has 41 heavy (non-hydrogen) atoms. The van der Waals surface area contributed by atoms with Gasteiger partial charge in [-0.05, 0) is 61.2 Å². The molecule has 0 fully saturated rings.